The van der Waals surface area contributed by atoms with E-state index in [-0.39, 0.29) is 11.9 Å². The smallest absolute Gasteiger partial charge is 0.420 e. The predicted molar refractivity (Wildman–Crippen MR) is 104 cm³/mol. The van der Waals surface area contributed by atoms with Gasteiger partial charge in [-0.3, -0.25) is 9.36 Å². The highest BCUT2D eigenvalue weighted by atomic mass is 19.1. The van der Waals surface area contributed by atoms with Gasteiger partial charge in [-0.05, 0) is 37.1 Å². The number of amides is 1. The van der Waals surface area contributed by atoms with Gasteiger partial charge >= 0.3 is 5.76 Å². The van der Waals surface area contributed by atoms with Crippen LogP contribution in [0.2, 0.25) is 0 Å². The number of hydrogen-bond donors (Lipinski definition) is 0. The quantitative estimate of drug-likeness (QED) is 0.672. The second kappa shape index (κ2) is 7.62. The molecule has 0 N–H and O–H groups in total. The van der Waals surface area contributed by atoms with Crippen LogP contribution < -0.4 is 15.2 Å². The molecule has 0 atom stereocenters. The third kappa shape index (κ3) is 3.46. The molecule has 2 heterocycles. The van der Waals surface area contributed by atoms with Crippen LogP contribution in [0, 0.1) is 5.82 Å². The lowest BCUT2D eigenvalue weighted by atomic mass is 10.0. The van der Waals surface area contributed by atoms with Gasteiger partial charge in [-0.2, -0.15) is 0 Å². The number of carbonyl (C=O) groups is 1. The Labute approximate surface area is 166 Å². The third-order valence-corrected chi connectivity index (χ3v) is 5.33. The molecule has 1 aliphatic heterocycles. The van der Waals surface area contributed by atoms with E-state index in [2.05, 4.69) is 0 Å². The molecule has 0 saturated carbocycles. The fraction of sp³-hybridized carbons (Fsp3) is 0.333. The van der Waals surface area contributed by atoms with Crippen molar-refractivity contribution < 1.29 is 23.1 Å². The molecule has 3 aromatic rings. The fourth-order valence-corrected chi connectivity index (χ4v) is 3.83. The molecule has 29 heavy (non-hydrogen) atoms. The number of benzene rings is 2. The third-order valence-electron chi connectivity index (χ3n) is 5.33. The van der Waals surface area contributed by atoms with E-state index >= 15 is 0 Å². The van der Waals surface area contributed by atoms with E-state index < -0.39 is 11.6 Å². The zero-order chi connectivity index (χ0) is 20.5. The van der Waals surface area contributed by atoms with Crippen LogP contribution in [0.15, 0.2) is 45.6 Å². The van der Waals surface area contributed by atoms with Gasteiger partial charge in [0.15, 0.2) is 5.58 Å². The summed E-state index contributed by atoms with van der Waals surface area (Å²) in [6.07, 6.45) is 1.13. The van der Waals surface area contributed by atoms with Gasteiger partial charge in [0.05, 0.1) is 25.3 Å². The average molecular weight is 400 g/mol. The topological polar surface area (TPSA) is 73.9 Å². The van der Waals surface area contributed by atoms with Crippen molar-refractivity contribution in [1.82, 2.24) is 9.47 Å². The summed E-state index contributed by atoms with van der Waals surface area (Å²) < 4.78 is 30.9. The Kier molecular flexibility index (Phi) is 5.00. The van der Waals surface area contributed by atoms with Crippen molar-refractivity contribution in [3.8, 4) is 11.5 Å². The summed E-state index contributed by atoms with van der Waals surface area (Å²) in [5, 5.41) is 0. The molecule has 0 spiro atoms. The maximum atomic E-state index is 13.6. The highest BCUT2D eigenvalue weighted by Gasteiger charge is 2.28. The lowest BCUT2D eigenvalue weighted by molar-refractivity contribution is 0.0690. The minimum Gasteiger partial charge on any atom is -0.497 e. The molecule has 1 saturated heterocycles. The number of hydrogen-bond acceptors (Lipinski definition) is 5. The molecule has 0 bridgehead atoms. The summed E-state index contributed by atoms with van der Waals surface area (Å²) in [4.78, 5) is 27.0. The van der Waals surface area contributed by atoms with Crippen molar-refractivity contribution in [3.63, 3.8) is 0 Å². The summed E-state index contributed by atoms with van der Waals surface area (Å²) in [6.45, 7) is 0.931. The van der Waals surface area contributed by atoms with Crippen LogP contribution >= 0.6 is 0 Å². The summed E-state index contributed by atoms with van der Waals surface area (Å²) in [5.41, 5.74) is 1.26. The second-order valence-corrected chi connectivity index (χ2v) is 6.94. The Morgan fingerprint density at radius 2 is 1.86 bits per heavy atom. The van der Waals surface area contributed by atoms with E-state index in [4.69, 9.17) is 13.9 Å². The van der Waals surface area contributed by atoms with Gasteiger partial charge in [-0.25, -0.2) is 9.18 Å². The monoisotopic (exact) mass is 400 g/mol. The normalized spacial score (nSPS) is 14.9. The van der Waals surface area contributed by atoms with E-state index in [1.807, 2.05) is 0 Å². The van der Waals surface area contributed by atoms with Crippen LogP contribution in [0.4, 0.5) is 4.39 Å². The predicted octanol–water partition coefficient (Wildman–Crippen LogP) is 3.23. The van der Waals surface area contributed by atoms with Crippen LogP contribution in [0.5, 0.6) is 11.5 Å². The highest BCUT2D eigenvalue weighted by Crippen LogP contribution is 2.30. The molecule has 152 valence electrons. The number of ether oxygens (including phenoxy) is 2. The molecule has 4 rings (SSSR count). The molecule has 0 aliphatic carbocycles. The second-order valence-electron chi connectivity index (χ2n) is 6.94. The molecule has 8 heteroatoms. The zero-order valence-electron chi connectivity index (χ0n) is 16.2. The largest absolute Gasteiger partial charge is 0.497 e. The van der Waals surface area contributed by atoms with Gasteiger partial charge < -0.3 is 18.8 Å². The van der Waals surface area contributed by atoms with Crippen molar-refractivity contribution in [1.29, 1.82) is 0 Å². The number of nitrogens with zero attached hydrogens (tertiary/aromatic N) is 2. The van der Waals surface area contributed by atoms with Gasteiger partial charge in [0.25, 0.3) is 5.91 Å². The first-order chi connectivity index (χ1) is 14.0. The Hall–Kier alpha value is -3.29. The number of halogens is 1. The minimum atomic E-state index is -0.507. The van der Waals surface area contributed by atoms with Crippen LogP contribution in [0.1, 0.15) is 29.2 Å². The van der Waals surface area contributed by atoms with E-state index in [1.165, 1.54) is 29.9 Å². The average Bonchev–Trinajstić information content (AvgIpc) is 3.07. The Morgan fingerprint density at radius 3 is 2.55 bits per heavy atom. The lowest BCUT2D eigenvalue weighted by Crippen LogP contribution is -2.40. The van der Waals surface area contributed by atoms with Crippen molar-refractivity contribution in [2.75, 3.05) is 27.3 Å². The first kappa shape index (κ1) is 19.0. The first-order valence-corrected chi connectivity index (χ1v) is 9.33. The SMILES string of the molecule is COc1ccc(C(=O)N2CCC(n3c(=O)oc4ccc(F)cc43)CC2)c(OC)c1. The molecule has 1 aliphatic rings. The van der Waals surface area contributed by atoms with Crippen molar-refractivity contribution in [2.45, 2.75) is 18.9 Å². The molecular weight excluding hydrogens is 379 g/mol. The molecular formula is C21H21FN2O5. The lowest BCUT2D eigenvalue weighted by Gasteiger charge is -2.32. The van der Waals surface area contributed by atoms with Crippen LogP contribution in [-0.2, 0) is 0 Å². The van der Waals surface area contributed by atoms with Crippen LogP contribution in [0.3, 0.4) is 0 Å². The standard InChI is InChI=1S/C21H21FN2O5/c1-27-15-4-5-16(19(12-15)28-2)20(25)23-9-7-14(8-10-23)24-17-11-13(22)3-6-18(17)29-21(24)26/h3-6,11-12,14H,7-10H2,1-2H3. The Bertz CT molecular complexity index is 1110. The number of rotatable bonds is 4. The van der Waals surface area contributed by atoms with Gasteiger partial charge in [0.1, 0.15) is 17.3 Å². The number of carbonyl (C=O) groups excluding carboxylic acids is 1. The van der Waals surface area contributed by atoms with E-state index in [0.717, 1.165) is 0 Å². The van der Waals surface area contributed by atoms with Crippen molar-refractivity contribution >= 4 is 17.0 Å². The number of oxazole rings is 1. The molecule has 1 aromatic heterocycles. The minimum absolute atomic E-state index is 0.140. The van der Waals surface area contributed by atoms with Gasteiger partial charge in [-0.15, -0.1) is 0 Å². The summed E-state index contributed by atoms with van der Waals surface area (Å²) >= 11 is 0. The molecule has 2 aromatic carbocycles. The maximum Gasteiger partial charge on any atom is 0.420 e. The van der Waals surface area contributed by atoms with Crippen LogP contribution in [-0.4, -0.2) is 42.7 Å². The molecule has 1 amide bonds. The van der Waals surface area contributed by atoms with E-state index in [9.17, 15) is 14.0 Å². The van der Waals surface area contributed by atoms with Gasteiger partial charge in [-0.1, -0.05) is 0 Å². The Balaban J connectivity index is 1.53. The highest BCUT2D eigenvalue weighted by molar-refractivity contribution is 5.97. The number of likely N-dealkylation sites (tertiary alicyclic amines) is 1. The summed E-state index contributed by atoms with van der Waals surface area (Å²) in [7, 11) is 3.06. The first-order valence-electron chi connectivity index (χ1n) is 9.33. The number of piperidine rings is 1. The summed E-state index contributed by atoms with van der Waals surface area (Å²) in [5.74, 6) is -0.0172. The fourth-order valence-electron chi connectivity index (χ4n) is 3.83. The molecule has 0 radical (unpaired) electrons. The number of aromatic nitrogens is 1. The van der Waals surface area contributed by atoms with Crippen molar-refractivity contribution in [2.24, 2.45) is 0 Å². The molecule has 0 unspecified atom stereocenters. The van der Waals surface area contributed by atoms with Gasteiger partial charge in [0.2, 0.25) is 0 Å². The Morgan fingerprint density at radius 1 is 1.10 bits per heavy atom. The molecule has 1 fully saturated rings. The van der Waals surface area contributed by atoms with Crippen molar-refractivity contribution in [3.05, 3.63) is 58.3 Å². The summed E-state index contributed by atoms with van der Waals surface area (Å²) in [6, 6.07) is 8.94. The molecule has 7 nitrogen and oxygen atoms in total. The maximum absolute atomic E-state index is 13.6. The number of methoxy groups -OCH3 is 2. The van der Waals surface area contributed by atoms with E-state index in [0.29, 0.717) is 54.1 Å². The number of fused-ring (bicyclic) bond motifs is 1. The van der Waals surface area contributed by atoms with Gasteiger partial charge in [0, 0.05) is 31.3 Å². The van der Waals surface area contributed by atoms with Crippen LogP contribution in [0.25, 0.3) is 11.1 Å². The van der Waals surface area contributed by atoms with E-state index in [1.54, 1.807) is 30.2 Å². The zero-order valence-corrected chi connectivity index (χ0v) is 16.2.